The Morgan fingerprint density at radius 2 is 1.84 bits per heavy atom. The van der Waals surface area contributed by atoms with Crippen molar-refractivity contribution in [3.63, 3.8) is 0 Å². The molecule has 0 saturated heterocycles. The molecule has 1 amide bonds. The lowest BCUT2D eigenvalue weighted by Crippen LogP contribution is -2.14. The average Bonchev–Trinajstić information content (AvgIpc) is 2.60. The second-order valence-electron chi connectivity index (χ2n) is 5.45. The molecule has 0 fully saturated rings. The molecule has 2 rings (SSSR count). The minimum atomic E-state index is -0.557. The average molecular weight is 344 g/mol. The number of methoxy groups -OCH3 is 1. The van der Waals surface area contributed by atoms with Gasteiger partial charge in [0.2, 0.25) is 5.91 Å². The van der Waals surface area contributed by atoms with E-state index < -0.39 is 4.92 Å². The number of carbonyl (C=O) groups is 1. The number of hydrogen-bond acceptors (Lipinski definition) is 5. The molecule has 25 heavy (non-hydrogen) atoms. The zero-order valence-corrected chi connectivity index (χ0v) is 14.2. The van der Waals surface area contributed by atoms with Crippen LogP contribution in [0.5, 0.6) is 11.5 Å². The Morgan fingerprint density at radius 3 is 2.48 bits per heavy atom. The summed E-state index contributed by atoms with van der Waals surface area (Å²) in [6.07, 6.45) is 0.707. The van der Waals surface area contributed by atoms with Crippen LogP contribution in [0.3, 0.4) is 0 Å². The van der Waals surface area contributed by atoms with Crippen molar-refractivity contribution in [2.45, 2.75) is 19.8 Å². The maximum absolute atomic E-state index is 12.0. The molecule has 0 heterocycles. The van der Waals surface area contributed by atoms with E-state index in [9.17, 15) is 14.9 Å². The first-order valence-electron chi connectivity index (χ1n) is 7.81. The predicted molar refractivity (Wildman–Crippen MR) is 94.2 cm³/mol. The second kappa shape index (κ2) is 8.68. The van der Waals surface area contributed by atoms with Gasteiger partial charge >= 0.3 is 0 Å². The molecule has 0 saturated carbocycles. The topological polar surface area (TPSA) is 90.7 Å². The van der Waals surface area contributed by atoms with Gasteiger partial charge in [-0.1, -0.05) is 17.7 Å². The first kappa shape index (κ1) is 18.3. The van der Waals surface area contributed by atoms with Gasteiger partial charge in [0, 0.05) is 6.42 Å². The van der Waals surface area contributed by atoms with Gasteiger partial charge in [-0.3, -0.25) is 14.9 Å². The van der Waals surface area contributed by atoms with Gasteiger partial charge in [-0.2, -0.15) is 0 Å². The Hall–Kier alpha value is -3.09. The minimum Gasteiger partial charge on any atom is -0.496 e. The summed E-state index contributed by atoms with van der Waals surface area (Å²) in [5.41, 5.74) is 1.09. The fourth-order valence-electron chi connectivity index (χ4n) is 2.17. The Bertz CT molecular complexity index is 744. The molecule has 0 unspecified atom stereocenters. The Kier molecular flexibility index (Phi) is 6.33. The second-order valence-corrected chi connectivity index (χ2v) is 5.45. The van der Waals surface area contributed by atoms with Crippen LogP contribution in [0.2, 0.25) is 0 Å². The molecule has 2 aromatic rings. The van der Waals surface area contributed by atoms with Crippen LogP contribution in [0.15, 0.2) is 42.5 Å². The molecular weight excluding hydrogens is 324 g/mol. The lowest BCUT2D eigenvalue weighted by molar-refractivity contribution is -0.384. The number of aryl methyl sites for hydroxylation is 1. The molecule has 132 valence electrons. The summed E-state index contributed by atoms with van der Waals surface area (Å²) < 4.78 is 10.5. The molecule has 0 aromatic heterocycles. The smallest absolute Gasteiger partial charge is 0.296 e. The van der Waals surface area contributed by atoms with Gasteiger partial charge in [0.25, 0.3) is 5.69 Å². The van der Waals surface area contributed by atoms with Crippen LogP contribution in [-0.4, -0.2) is 24.5 Å². The first-order chi connectivity index (χ1) is 12.0. The SMILES string of the molecule is COc1ccc(NC(=O)CCCOc2ccc(C)cc2)c([N+](=O)[O-])c1. The van der Waals surface area contributed by atoms with Crippen LogP contribution in [0.4, 0.5) is 11.4 Å². The molecule has 7 nitrogen and oxygen atoms in total. The van der Waals surface area contributed by atoms with Crippen molar-refractivity contribution < 1.29 is 19.2 Å². The van der Waals surface area contributed by atoms with Crippen molar-refractivity contribution in [3.05, 3.63) is 58.1 Å². The summed E-state index contributed by atoms with van der Waals surface area (Å²) in [5, 5.41) is 13.6. The zero-order valence-electron chi connectivity index (χ0n) is 14.2. The first-order valence-corrected chi connectivity index (χ1v) is 7.81. The van der Waals surface area contributed by atoms with Gasteiger partial charge in [0.15, 0.2) is 0 Å². The molecule has 2 aromatic carbocycles. The third kappa shape index (κ3) is 5.49. The number of nitro groups is 1. The highest BCUT2D eigenvalue weighted by Gasteiger charge is 2.17. The molecule has 0 spiro atoms. The van der Waals surface area contributed by atoms with Crippen LogP contribution in [0, 0.1) is 17.0 Å². The molecule has 1 N–H and O–H groups in total. The monoisotopic (exact) mass is 344 g/mol. The third-order valence-electron chi connectivity index (χ3n) is 3.51. The van der Waals surface area contributed by atoms with E-state index in [1.807, 2.05) is 31.2 Å². The normalized spacial score (nSPS) is 10.2. The van der Waals surface area contributed by atoms with Crippen molar-refractivity contribution in [3.8, 4) is 11.5 Å². The largest absolute Gasteiger partial charge is 0.496 e. The van der Waals surface area contributed by atoms with Crippen LogP contribution < -0.4 is 14.8 Å². The van der Waals surface area contributed by atoms with E-state index in [0.717, 1.165) is 11.3 Å². The fourth-order valence-corrected chi connectivity index (χ4v) is 2.17. The zero-order chi connectivity index (χ0) is 18.2. The summed E-state index contributed by atoms with van der Waals surface area (Å²) in [4.78, 5) is 22.5. The van der Waals surface area contributed by atoms with E-state index in [1.54, 1.807) is 6.07 Å². The quantitative estimate of drug-likeness (QED) is 0.448. The van der Waals surface area contributed by atoms with Gasteiger partial charge in [0.1, 0.15) is 17.2 Å². The van der Waals surface area contributed by atoms with E-state index >= 15 is 0 Å². The highest BCUT2D eigenvalue weighted by molar-refractivity contribution is 5.93. The number of nitrogens with one attached hydrogen (secondary N) is 1. The van der Waals surface area contributed by atoms with E-state index in [1.165, 1.54) is 19.2 Å². The summed E-state index contributed by atoms with van der Waals surface area (Å²) >= 11 is 0. The maximum atomic E-state index is 12.0. The van der Waals surface area contributed by atoms with E-state index in [2.05, 4.69) is 5.32 Å². The summed E-state index contributed by atoms with van der Waals surface area (Å²) in [6, 6.07) is 11.9. The van der Waals surface area contributed by atoms with Crippen molar-refractivity contribution in [1.82, 2.24) is 0 Å². The molecular formula is C18H20N2O5. The summed E-state index contributed by atoms with van der Waals surface area (Å²) in [5.74, 6) is 0.800. The van der Waals surface area contributed by atoms with Crippen molar-refractivity contribution in [2.24, 2.45) is 0 Å². The highest BCUT2D eigenvalue weighted by Crippen LogP contribution is 2.29. The molecule has 0 radical (unpaired) electrons. The van der Waals surface area contributed by atoms with Gasteiger partial charge in [-0.15, -0.1) is 0 Å². The fraction of sp³-hybridized carbons (Fsp3) is 0.278. The number of rotatable bonds is 8. The van der Waals surface area contributed by atoms with Crippen LogP contribution in [0.1, 0.15) is 18.4 Å². The standard InChI is InChI=1S/C18H20N2O5/c1-13-5-7-14(8-6-13)25-11-3-4-18(21)19-16-10-9-15(24-2)12-17(16)20(22)23/h5-10,12H,3-4,11H2,1-2H3,(H,19,21). The highest BCUT2D eigenvalue weighted by atomic mass is 16.6. The molecule has 0 atom stereocenters. The lowest BCUT2D eigenvalue weighted by Gasteiger charge is -2.08. The Labute approximate surface area is 145 Å². The number of nitrogens with zero attached hydrogens (tertiary/aromatic N) is 1. The third-order valence-corrected chi connectivity index (χ3v) is 3.51. The number of nitro benzene ring substituents is 1. The van der Waals surface area contributed by atoms with Crippen molar-refractivity contribution in [1.29, 1.82) is 0 Å². The molecule has 0 aliphatic heterocycles. The van der Waals surface area contributed by atoms with Gasteiger partial charge in [0.05, 0.1) is 24.7 Å². The van der Waals surface area contributed by atoms with E-state index in [-0.39, 0.29) is 23.7 Å². The number of amides is 1. The van der Waals surface area contributed by atoms with Gasteiger partial charge in [-0.05, 0) is 37.6 Å². The minimum absolute atomic E-state index is 0.148. The van der Waals surface area contributed by atoms with E-state index in [0.29, 0.717) is 18.8 Å². The Morgan fingerprint density at radius 1 is 1.16 bits per heavy atom. The molecule has 7 heteroatoms. The van der Waals surface area contributed by atoms with E-state index in [4.69, 9.17) is 9.47 Å². The maximum Gasteiger partial charge on any atom is 0.296 e. The molecule has 0 aliphatic carbocycles. The predicted octanol–water partition coefficient (Wildman–Crippen LogP) is 3.71. The van der Waals surface area contributed by atoms with Crippen LogP contribution in [-0.2, 0) is 4.79 Å². The number of carbonyl (C=O) groups excluding carboxylic acids is 1. The van der Waals surface area contributed by atoms with Crippen molar-refractivity contribution in [2.75, 3.05) is 19.0 Å². The summed E-state index contributed by atoms with van der Waals surface area (Å²) in [7, 11) is 1.42. The number of anilines is 1. The Balaban J connectivity index is 1.84. The summed E-state index contributed by atoms with van der Waals surface area (Å²) in [6.45, 7) is 2.38. The van der Waals surface area contributed by atoms with Crippen LogP contribution >= 0.6 is 0 Å². The molecule has 0 bridgehead atoms. The molecule has 0 aliphatic rings. The van der Waals surface area contributed by atoms with Crippen LogP contribution in [0.25, 0.3) is 0 Å². The number of hydrogen-bond donors (Lipinski definition) is 1. The number of benzene rings is 2. The van der Waals surface area contributed by atoms with Gasteiger partial charge < -0.3 is 14.8 Å². The number of ether oxygens (including phenoxy) is 2. The van der Waals surface area contributed by atoms with Gasteiger partial charge in [-0.25, -0.2) is 0 Å². The van der Waals surface area contributed by atoms with Crippen molar-refractivity contribution >= 4 is 17.3 Å². The lowest BCUT2D eigenvalue weighted by atomic mass is 10.2.